The van der Waals surface area contributed by atoms with Gasteiger partial charge in [-0.05, 0) is 63.4 Å². The minimum Gasteiger partial charge on any atom is -0.459 e. The molecule has 0 radical (unpaired) electrons. The van der Waals surface area contributed by atoms with Crippen molar-refractivity contribution in [2.45, 2.75) is 45.8 Å². The summed E-state index contributed by atoms with van der Waals surface area (Å²) in [6.07, 6.45) is 1.33. The van der Waals surface area contributed by atoms with E-state index in [0.29, 0.717) is 23.3 Å². The number of carbonyl (C=O) groups is 1. The molecule has 2 aromatic carbocycles. The Morgan fingerprint density at radius 3 is 2.50 bits per heavy atom. The Balaban J connectivity index is 1.98. The van der Waals surface area contributed by atoms with E-state index in [2.05, 4.69) is 0 Å². The van der Waals surface area contributed by atoms with Crippen LogP contribution in [-0.4, -0.2) is 16.1 Å². The summed E-state index contributed by atoms with van der Waals surface area (Å²) in [5.74, 6) is -0.328. The van der Waals surface area contributed by atoms with E-state index in [1.165, 1.54) is 0 Å². The van der Waals surface area contributed by atoms with Crippen LogP contribution in [-0.2, 0) is 28.9 Å². The maximum atomic E-state index is 12.6. The van der Waals surface area contributed by atoms with Gasteiger partial charge >= 0.3 is 5.97 Å². The molecule has 0 unspecified atom stereocenters. The van der Waals surface area contributed by atoms with Gasteiger partial charge in [-0.3, -0.25) is 9.59 Å². The highest BCUT2D eigenvalue weighted by Gasteiger charge is 2.19. The minimum atomic E-state index is -0.563. The quantitative estimate of drug-likeness (QED) is 0.582. The highest BCUT2D eigenvalue weighted by molar-refractivity contribution is 6.30. The van der Waals surface area contributed by atoms with Gasteiger partial charge in [-0.25, -0.2) is 0 Å². The van der Waals surface area contributed by atoms with Crippen molar-refractivity contribution in [3.05, 3.63) is 81.1 Å². The van der Waals surface area contributed by atoms with E-state index in [0.717, 1.165) is 16.8 Å². The van der Waals surface area contributed by atoms with Crippen LogP contribution in [0.2, 0.25) is 5.02 Å². The van der Waals surface area contributed by atoms with Gasteiger partial charge in [-0.15, -0.1) is 0 Å². The molecular weight excluding hydrogens is 374 g/mol. The van der Waals surface area contributed by atoms with Crippen molar-refractivity contribution in [3.8, 4) is 0 Å². The Labute approximate surface area is 169 Å². The highest BCUT2D eigenvalue weighted by atomic mass is 35.5. The van der Waals surface area contributed by atoms with Crippen LogP contribution < -0.4 is 5.43 Å². The first kappa shape index (κ1) is 20.2. The molecule has 0 amide bonds. The molecule has 5 heteroatoms. The van der Waals surface area contributed by atoms with Crippen molar-refractivity contribution in [3.63, 3.8) is 0 Å². The lowest BCUT2D eigenvalue weighted by atomic mass is 10.1. The second-order valence-electron chi connectivity index (χ2n) is 7.82. The van der Waals surface area contributed by atoms with Gasteiger partial charge in [0.15, 0.2) is 5.43 Å². The number of carbonyl (C=O) groups excluding carboxylic acids is 1. The predicted molar refractivity (Wildman–Crippen MR) is 113 cm³/mol. The number of ether oxygens (including phenoxy) is 1. The molecule has 1 heterocycles. The zero-order valence-electron chi connectivity index (χ0n) is 16.4. The average molecular weight is 398 g/mol. The third kappa shape index (κ3) is 5.02. The smallest absolute Gasteiger partial charge is 0.326 e. The number of pyridine rings is 1. The molecule has 146 valence electrons. The molecule has 0 saturated carbocycles. The maximum Gasteiger partial charge on any atom is 0.326 e. The summed E-state index contributed by atoms with van der Waals surface area (Å²) < 4.78 is 7.38. The highest BCUT2D eigenvalue weighted by Crippen LogP contribution is 2.18. The van der Waals surface area contributed by atoms with Crippen LogP contribution in [0.1, 0.15) is 32.0 Å². The van der Waals surface area contributed by atoms with Gasteiger partial charge in [-0.1, -0.05) is 35.9 Å². The molecule has 4 nitrogen and oxygen atoms in total. The normalized spacial score (nSPS) is 11.6. The number of hydrogen-bond donors (Lipinski definition) is 0. The predicted octanol–water partition coefficient (Wildman–Crippen LogP) is 4.78. The molecule has 28 heavy (non-hydrogen) atoms. The van der Waals surface area contributed by atoms with Crippen molar-refractivity contribution >= 4 is 28.5 Å². The number of para-hydroxylation sites is 1. The first-order valence-corrected chi connectivity index (χ1v) is 9.68. The van der Waals surface area contributed by atoms with Crippen LogP contribution >= 0.6 is 11.6 Å². The number of nitrogens with zero attached hydrogens (tertiary/aromatic N) is 1. The lowest BCUT2D eigenvalue weighted by molar-refractivity contribution is -0.155. The molecule has 3 rings (SSSR count). The van der Waals surface area contributed by atoms with Crippen LogP contribution in [0.3, 0.4) is 0 Å². The fourth-order valence-electron chi connectivity index (χ4n) is 3.24. The molecule has 1 aromatic heterocycles. The molecule has 0 atom stereocenters. The number of aryl methyl sites for hydroxylation is 2. The van der Waals surface area contributed by atoms with Gasteiger partial charge in [0, 0.05) is 22.2 Å². The molecule has 0 aliphatic heterocycles. The topological polar surface area (TPSA) is 48.3 Å². The molecule has 3 aromatic rings. The molecule has 0 bridgehead atoms. The summed E-state index contributed by atoms with van der Waals surface area (Å²) >= 11 is 6.08. The third-order valence-corrected chi connectivity index (χ3v) is 4.61. The summed E-state index contributed by atoms with van der Waals surface area (Å²) in [6.45, 7) is 5.58. The third-order valence-electron chi connectivity index (χ3n) is 4.37. The van der Waals surface area contributed by atoms with Crippen LogP contribution in [0.25, 0.3) is 10.9 Å². The van der Waals surface area contributed by atoms with Crippen LogP contribution in [0, 0.1) is 0 Å². The second kappa shape index (κ2) is 8.19. The summed E-state index contributed by atoms with van der Waals surface area (Å²) in [4.78, 5) is 25.1. The van der Waals surface area contributed by atoms with E-state index in [1.807, 2.05) is 67.8 Å². The molecule has 0 saturated heterocycles. The van der Waals surface area contributed by atoms with Crippen molar-refractivity contribution in [1.29, 1.82) is 0 Å². The molecule has 0 fully saturated rings. The number of esters is 1. The first-order chi connectivity index (χ1) is 13.2. The van der Waals surface area contributed by atoms with E-state index >= 15 is 0 Å². The van der Waals surface area contributed by atoms with Crippen LogP contribution in [0.4, 0.5) is 0 Å². The van der Waals surface area contributed by atoms with Crippen molar-refractivity contribution in [2.24, 2.45) is 0 Å². The molecule has 0 spiro atoms. The summed E-state index contributed by atoms with van der Waals surface area (Å²) in [5.41, 5.74) is 2.01. The van der Waals surface area contributed by atoms with E-state index in [4.69, 9.17) is 16.3 Å². The number of rotatable bonds is 5. The van der Waals surface area contributed by atoms with Gasteiger partial charge in [0.2, 0.25) is 0 Å². The Morgan fingerprint density at radius 2 is 1.79 bits per heavy atom. The fraction of sp³-hybridized carbons (Fsp3) is 0.304. The van der Waals surface area contributed by atoms with Crippen LogP contribution in [0.5, 0.6) is 0 Å². The van der Waals surface area contributed by atoms with E-state index < -0.39 is 5.60 Å². The monoisotopic (exact) mass is 397 g/mol. The largest absolute Gasteiger partial charge is 0.459 e. The standard InChI is InChI=1S/C23H24ClNO3/c1-23(2,3)28-22(27)15-25-18(12-11-16-7-6-8-17(24)13-16)14-21(26)19-9-4-5-10-20(19)25/h4-10,13-14H,11-12,15H2,1-3H3. The zero-order chi connectivity index (χ0) is 20.3. The summed E-state index contributed by atoms with van der Waals surface area (Å²) in [7, 11) is 0. The Morgan fingerprint density at radius 1 is 1.04 bits per heavy atom. The Kier molecular flexibility index (Phi) is 5.90. The molecule has 0 aliphatic carbocycles. The zero-order valence-corrected chi connectivity index (χ0v) is 17.1. The van der Waals surface area contributed by atoms with Crippen molar-refractivity contribution in [1.82, 2.24) is 4.57 Å². The average Bonchev–Trinajstić information content (AvgIpc) is 2.61. The van der Waals surface area contributed by atoms with Gasteiger partial charge in [0.1, 0.15) is 12.1 Å². The van der Waals surface area contributed by atoms with Gasteiger partial charge < -0.3 is 9.30 Å². The first-order valence-electron chi connectivity index (χ1n) is 9.31. The molecule has 0 N–H and O–H groups in total. The molecular formula is C23H24ClNO3. The minimum absolute atomic E-state index is 0.0443. The number of halogens is 1. The number of aromatic nitrogens is 1. The van der Waals surface area contributed by atoms with Crippen molar-refractivity contribution < 1.29 is 9.53 Å². The number of hydrogen-bond acceptors (Lipinski definition) is 3. The number of fused-ring (bicyclic) bond motifs is 1. The van der Waals surface area contributed by atoms with Crippen molar-refractivity contribution in [2.75, 3.05) is 0 Å². The second-order valence-corrected chi connectivity index (χ2v) is 8.26. The maximum absolute atomic E-state index is 12.6. The summed E-state index contributed by atoms with van der Waals surface area (Å²) in [5, 5.41) is 1.28. The number of benzene rings is 2. The Bertz CT molecular complexity index is 1060. The molecule has 0 aliphatic rings. The van der Waals surface area contributed by atoms with Crippen LogP contribution in [0.15, 0.2) is 59.4 Å². The fourth-order valence-corrected chi connectivity index (χ4v) is 3.45. The van der Waals surface area contributed by atoms with E-state index in [1.54, 1.807) is 12.1 Å². The lowest BCUT2D eigenvalue weighted by Gasteiger charge is -2.22. The van der Waals surface area contributed by atoms with E-state index in [-0.39, 0.29) is 17.9 Å². The van der Waals surface area contributed by atoms with Gasteiger partial charge in [-0.2, -0.15) is 0 Å². The lowest BCUT2D eigenvalue weighted by Crippen LogP contribution is -2.28. The van der Waals surface area contributed by atoms with Gasteiger partial charge in [0.05, 0.1) is 5.52 Å². The van der Waals surface area contributed by atoms with Gasteiger partial charge in [0.25, 0.3) is 0 Å². The SMILES string of the molecule is CC(C)(C)OC(=O)Cn1c(CCc2cccc(Cl)c2)cc(=O)c2ccccc21. The summed E-state index contributed by atoms with van der Waals surface area (Å²) in [6, 6.07) is 16.6. The van der Waals surface area contributed by atoms with E-state index in [9.17, 15) is 9.59 Å². The Hall–Kier alpha value is -2.59.